The first kappa shape index (κ1) is 11.9. The molecule has 0 saturated heterocycles. The highest BCUT2D eigenvalue weighted by Gasteiger charge is 2.08. The summed E-state index contributed by atoms with van der Waals surface area (Å²) in [5.74, 6) is 1.12. The van der Waals surface area contributed by atoms with E-state index in [-0.39, 0.29) is 6.04 Å². The Bertz CT molecular complexity index is 448. The average molecular weight is 229 g/mol. The summed E-state index contributed by atoms with van der Waals surface area (Å²) in [7, 11) is 0. The van der Waals surface area contributed by atoms with E-state index in [1.54, 1.807) is 0 Å². The number of nitrogens with two attached hydrogens (primary N) is 1. The third kappa shape index (κ3) is 2.94. The SMILES string of the molecule is CCn1ccnc1CCC(N)c1ccccc1. The van der Waals surface area contributed by atoms with Crippen LogP contribution in [0.3, 0.4) is 0 Å². The van der Waals surface area contributed by atoms with Gasteiger partial charge in [-0.15, -0.1) is 0 Å². The van der Waals surface area contributed by atoms with Crippen molar-refractivity contribution < 1.29 is 0 Å². The van der Waals surface area contributed by atoms with Gasteiger partial charge >= 0.3 is 0 Å². The fraction of sp³-hybridized carbons (Fsp3) is 0.357. The van der Waals surface area contributed by atoms with Crippen LogP contribution < -0.4 is 5.73 Å². The van der Waals surface area contributed by atoms with E-state index < -0.39 is 0 Å². The summed E-state index contributed by atoms with van der Waals surface area (Å²) in [6.45, 7) is 3.10. The maximum Gasteiger partial charge on any atom is 0.108 e. The van der Waals surface area contributed by atoms with E-state index in [2.05, 4.69) is 28.6 Å². The third-order valence-corrected chi connectivity index (χ3v) is 3.05. The van der Waals surface area contributed by atoms with Crippen molar-refractivity contribution in [1.82, 2.24) is 9.55 Å². The number of hydrogen-bond donors (Lipinski definition) is 1. The van der Waals surface area contributed by atoms with Gasteiger partial charge in [0.05, 0.1) is 0 Å². The summed E-state index contributed by atoms with van der Waals surface area (Å²) in [6.07, 6.45) is 5.73. The standard InChI is InChI=1S/C14H19N3/c1-2-17-11-10-16-14(17)9-8-13(15)12-6-4-3-5-7-12/h3-7,10-11,13H,2,8-9,15H2,1H3. The number of aromatic nitrogens is 2. The largest absolute Gasteiger partial charge is 0.335 e. The van der Waals surface area contributed by atoms with Gasteiger partial charge in [-0.3, -0.25) is 0 Å². The second-order valence-electron chi connectivity index (χ2n) is 4.19. The van der Waals surface area contributed by atoms with Crippen LogP contribution in [0.5, 0.6) is 0 Å². The van der Waals surface area contributed by atoms with Gasteiger partial charge in [-0.1, -0.05) is 30.3 Å². The predicted molar refractivity (Wildman–Crippen MR) is 69.6 cm³/mol. The summed E-state index contributed by atoms with van der Waals surface area (Å²) in [6, 6.07) is 10.3. The third-order valence-electron chi connectivity index (χ3n) is 3.05. The molecular formula is C14H19N3. The van der Waals surface area contributed by atoms with E-state index >= 15 is 0 Å². The van der Waals surface area contributed by atoms with Crippen LogP contribution in [-0.4, -0.2) is 9.55 Å². The number of imidazole rings is 1. The molecule has 90 valence electrons. The second-order valence-corrected chi connectivity index (χ2v) is 4.19. The number of aryl methyl sites for hydroxylation is 2. The zero-order chi connectivity index (χ0) is 12.1. The van der Waals surface area contributed by atoms with Gasteiger partial charge < -0.3 is 10.3 Å². The lowest BCUT2D eigenvalue weighted by Gasteiger charge is -2.12. The fourth-order valence-electron chi connectivity index (χ4n) is 2.01. The lowest BCUT2D eigenvalue weighted by atomic mass is 10.0. The van der Waals surface area contributed by atoms with Crippen LogP contribution in [-0.2, 0) is 13.0 Å². The van der Waals surface area contributed by atoms with Crippen LogP contribution in [0.1, 0.15) is 30.8 Å². The zero-order valence-corrected chi connectivity index (χ0v) is 10.2. The lowest BCUT2D eigenvalue weighted by Crippen LogP contribution is -2.12. The first-order valence-electron chi connectivity index (χ1n) is 6.11. The minimum atomic E-state index is 0.0956. The van der Waals surface area contributed by atoms with Gasteiger partial charge in [0.1, 0.15) is 5.82 Å². The molecule has 1 heterocycles. The van der Waals surface area contributed by atoms with E-state index in [1.165, 1.54) is 5.56 Å². The predicted octanol–water partition coefficient (Wildman–Crippen LogP) is 2.54. The van der Waals surface area contributed by atoms with Gasteiger partial charge in [-0.25, -0.2) is 4.98 Å². The van der Waals surface area contributed by atoms with Gasteiger partial charge in [0.15, 0.2) is 0 Å². The molecule has 0 spiro atoms. The molecule has 1 aromatic carbocycles. The molecular weight excluding hydrogens is 210 g/mol. The highest BCUT2D eigenvalue weighted by atomic mass is 15.0. The molecule has 17 heavy (non-hydrogen) atoms. The Morgan fingerprint density at radius 2 is 2.06 bits per heavy atom. The number of rotatable bonds is 5. The van der Waals surface area contributed by atoms with Crippen LogP contribution in [0.15, 0.2) is 42.7 Å². The molecule has 2 aromatic rings. The molecule has 2 N–H and O–H groups in total. The summed E-state index contributed by atoms with van der Waals surface area (Å²) >= 11 is 0. The Hall–Kier alpha value is -1.61. The van der Waals surface area contributed by atoms with Crippen molar-refractivity contribution in [3.8, 4) is 0 Å². The molecule has 0 bridgehead atoms. The van der Waals surface area contributed by atoms with Crippen molar-refractivity contribution in [3.63, 3.8) is 0 Å². The molecule has 3 nitrogen and oxygen atoms in total. The van der Waals surface area contributed by atoms with Crippen molar-refractivity contribution >= 4 is 0 Å². The first-order chi connectivity index (χ1) is 8.31. The summed E-state index contributed by atoms with van der Waals surface area (Å²) in [5.41, 5.74) is 7.36. The molecule has 0 saturated carbocycles. The lowest BCUT2D eigenvalue weighted by molar-refractivity contribution is 0.604. The Balaban J connectivity index is 1.95. The van der Waals surface area contributed by atoms with Gasteiger partial charge in [-0.2, -0.15) is 0 Å². The quantitative estimate of drug-likeness (QED) is 0.856. The number of hydrogen-bond acceptors (Lipinski definition) is 2. The van der Waals surface area contributed by atoms with Crippen molar-refractivity contribution in [3.05, 3.63) is 54.1 Å². The maximum absolute atomic E-state index is 6.17. The summed E-state index contributed by atoms with van der Waals surface area (Å²) < 4.78 is 2.16. The Kier molecular flexibility index (Phi) is 3.94. The highest BCUT2D eigenvalue weighted by molar-refractivity contribution is 5.18. The van der Waals surface area contributed by atoms with Crippen molar-refractivity contribution in [1.29, 1.82) is 0 Å². The van der Waals surface area contributed by atoms with Gasteiger partial charge in [0, 0.05) is 31.4 Å². The number of benzene rings is 1. The summed E-state index contributed by atoms with van der Waals surface area (Å²) in [4.78, 5) is 4.36. The molecule has 3 heteroatoms. The van der Waals surface area contributed by atoms with E-state index in [9.17, 15) is 0 Å². The molecule has 1 unspecified atom stereocenters. The van der Waals surface area contributed by atoms with E-state index in [0.29, 0.717) is 0 Å². The van der Waals surface area contributed by atoms with E-state index in [1.807, 2.05) is 30.6 Å². The van der Waals surface area contributed by atoms with E-state index in [4.69, 9.17) is 5.73 Å². The molecule has 1 aromatic heterocycles. The van der Waals surface area contributed by atoms with E-state index in [0.717, 1.165) is 25.2 Å². The average Bonchev–Trinajstić information content (AvgIpc) is 2.84. The van der Waals surface area contributed by atoms with Gasteiger partial charge in [0.25, 0.3) is 0 Å². The molecule has 2 rings (SSSR count). The summed E-state index contributed by atoms with van der Waals surface area (Å²) in [5, 5.41) is 0. The van der Waals surface area contributed by atoms with Crippen LogP contribution in [0.25, 0.3) is 0 Å². The Labute approximate surface area is 102 Å². The zero-order valence-electron chi connectivity index (χ0n) is 10.2. The molecule has 0 aliphatic rings. The molecule has 0 radical (unpaired) electrons. The smallest absolute Gasteiger partial charge is 0.108 e. The molecule has 0 aliphatic carbocycles. The van der Waals surface area contributed by atoms with Crippen LogP contribution in [0, 0.1) is 0 Å². The molecule has 1 atom stereocenters. The second kappa shape index (κ2) is 5.64. The van der Waals surface area contributed by atoms with Crippen molar-refractivity contribution in [2.45, 2.75) is 32.4 Å². The van der Waals surface area contributed by atoms with Gasteiger partial charge in [0.2, 0.25) is 0 Å². The Morgan fingerprint density at radius 1 is 1.29 bits per heavy atom. The fourth-order valence-corrected chi connectivity index (χ4v) is 2.01. The minimum Gasteiger partial charge on any atom is -0.335 e. The monoisotopic (exact) mass is 229 g/mol. The Morgan fingerprint density at radius 3 is 2.76 bits per heavy atom. The van der Waals surface area contributed by atoms with Crippen LogP contribution in [0.2, 0.25) is 0 Å². The normalized spacial score (nSPS) is 12.6. The molecule has 0 amide bonds. The van der Waals surface area contributed by atoms with Crippen molar-refractivity contribution in [2.24, 2.45) is 5.73 Å². The molecule has 0 fully saturated rings. The maximum atomic E-state index is 6.17. The van der Waals surface area contributed by atoms with Crippen LogP contribution in [0.4, 0.5) is 0 Å². The van der Waals surface area contributed by atoms with Crippen LogP contribution >= 0.6 is 0 Å². The minimum absolute atomic E-state index is 0.0956. The number of nitrogens with zero attached hydrogens (tertiary/aromatic N) is 2. The van der Waals surface area contributed by atoms with Crippen molar-refractivity contribution in [2.75, 3.05) is 0 Å². The highest BCUT2D eigenvalue weighted by Crippen LogP contribution is 2.15. The van der Waals surface area contributed by atoms with Gasteiger partial charge in [-0.05, 0) is 18.9 Å². The topological polar surface area (TPSA) is 43.8 Å². The molecule has 0 aliphatic heterocycles. The first-order valence-corrected chi connectivity index (χ1v) is 6.11.